The lowest BCUT2D eigenvalue weighted by Crippen LogP contribution is -2.80. The Kier molecular flexibility index (Phi) is 20.5. The minimum atomic E-state index is -2.20. The van der Waals surface area contributed by atoms with E-state index in [4.69, 9.17) is 33.2 Å². The van der Waals surface area contributed by atoms with E-state index in [0.717, 1.165) is 49.4 Å². The van der Waals surface area contributed by atoms with Gasteiger partial charge in [-0.2, -0.15) is 0 Å². The highest BCUT2D eigenvalue weighted by atomic mass is 16.6. The van der Waals surface area contributed by atoms with Gasteiger partial charge in [-0.1, -0.05) is 149 Å². The minimum absolute atomic E-state index is 0.0352. The van der Waals surface area contributed by atoms with Gasteiger partial charge in [0.05, 0.1) is 30.8 Å². The molecule has 6 fully saturated rings. The molecule has 516 valence electrons. The number of hydrogen-bond donors (Lipinski definition) is 3. The predicted molar refractivity (Wildman–Crippen MR) is 354 cm³/mol. The number of benzene rings is 2. The molecule has 0 spiro atoms. The van der Waals surface area contributed by atoms with E-state index in [0.29, 0.717) is 40.4 Å². The summed E-state index contributed by atoms with van der Waals surface area (Å²) in [5.74, 6) is -2.48. The first-order valence-electron chi connectivity index (χ1n) is 35.3. The zero-order chi connectivity index (χ0) is 68.3. The molecular formula is C77H108N2O15. The number of amides is 2. The number of hydrogen-bond acceptors (Lipinski definition) is 15. The molecule has 2 aromatic carbocycles. The first kappa shape index (κ1) is 70.9. The number of aliphatic hydroxyl groups is 1. The molecule has 17 heteroatoms. The molecule has 94 heavy (non-hydrogen) atoms. The van der Waals surface area contributed by atoms with Crippen molar-refractivity contribution >= 4 is 41.7 Å². The van der Waals surface area contributed by atoms with Gasteiger partial charge in [0.25, 0.3) is 0 Å². The van der Waals surface area contributed by atoms with Crippen molar-refractivity contribution in [2.75, 3.05) is 19.8 Å². The van der Waals surface area contributed by atoms with Crippen molar-refractivity contribution in [2.45, 2.75) is 247 Å². The van der Waals surface area contributed by atoms with E-state index < -0.39 is 125 Å². The summed E-state index contributed by atoms with van der Waals surface area (Å²) in [7, 11) is 0. The average molecular weight is 1300 g/mol. The topological polar surface area (TPSA) is 228 Å². The van der Waals surface area contributed by atoms with Crippen molar-refractivity contribution in [3.63, 3.8) is 0 Å². The normalized spacial score (nSPS) is 35.7. The number of esters is 4. The third-order valence-electron chi connectivity index (χ3n) is 24.9. The summed E-state index contributed by atoms with van der Waals surface area (Å²) >= 11 is 0. The van der Waals surface area contributed by atoms with Crippen molar-refractivity contribution in [3.05, 3.63) is 94.6 Å². The molecule has 3 N–H and O–H groups in total. The molecule has 8 aliphatic rings. The zero-order valence-electron chi connectivity index (χ0n) is 58.7. The lowest BCUT2D eigenvalue weighted by atomic mass is 9.42. The second-order valence-corrected chi connectivity index (χ2v) is 32.3. The summed E-state index contributed by atoms with van der Waals surface area (Å²) in [6.07, 6.45) is 8.95. The Morgan fingerprint density at radius 1 is 0.851 bits per heavy atom. The Bertz CT molecular complexity index is 3230. The van der Waals surface area contributed by atoms with Crippen molar-refractivity contribution in [2.24, 2.45) is 74.9 Å². The van der Waals surface area contributed by atoms with Crippen LogP contribution in [0.25, 0.3) is 0 Å². The fraction of sp³-hybridized carbons (Fsp3) is 0.701. The molecule has 0 aromatic heterocycles. The molecule has 17 nitrogen and oxygen atoms in total. The number of carbonyl (C=O) groups excluding carboxylic acids is 7. The quantitative estimate of drug-likeness (QED) is 0.0636. The second kappa shape index (κ2) is 27.2. The number of nitrogens with one attached hydrogen (secondary N) is 2. The van der Waals surface area contributed by atoms with Gasteiger partial charge in [0.15, 0.2) is 5.60 Å². The van der Waals surface area contributed by atoms with Crippen LogP contribution in [0.4, 0.5) is 4.79 Å². The van der Waals surface area contributed by atoms with Gasteiger partial charge in [0, 0.05) is 36.5 Å². The monoisotopic (exact) mass is 1300 g/mol. The third kappa shape index (κ3) is 13.2. The van der Waals surface area contributed by atoms with Crippen molar-refractivity contribution in [1.82, 2.24) is 10.6 Å². The molecule has 1 aliphatic heterocycles. The van der Waals surface area contributed by atoms with Crippen molar-refractivity contribution in [3.8, 4) is 0 Å². The van der Waals surface area contributed by atoms with Crippen LogP contribution in [0.5, 0.6) is 0 Å². The largest absolute Gasteiger partial charge is 0.455 e. The van der Waals surface area contributed by atoms with E-state index in [1.54, 1.807) is 116 Å². The minimum Gasteiger partial charge on any atom is -0.455 e. The highest BCUT2D eigenvalue weighted by molar-refractivity contribution is 5.92. The number of allylic oxidation sites excluding steroid dienone is 1. The highest BCUT2D eigenvalue weighted by Gasteiger charge is 2.77. The molecule has 7 aliphatic carbocycles. The van der Waals surface area contributed by atoms with E-state index in [-0.39, 0.29) is 42.5 Å². The van der Waals surface area contributed by atoms with E-state index >= 15 is 9.59 Å². The standard InChI is InChI=1S/C77H108N2O15/c1-44(2)23-22-24-45(3)55-31-32-56-54-30-29-52-40-53(33-36-73(52,13)57(54)34-37-74(55,56)14)88-38-35-60(81)78-42-61(82)91-64(63(50-25-18-16-19-26-50)79-70(86)94-71(8,9)10)69(85)90-58-41-77(87)67(92-68(84)51-27-20-17-21-28-51)65-75(15,66(83)48(6)62(47(58)5)72(77,11)12)46(4)39-59-76(65,43-89-59)93-49(7)80/h16-21,25-29,44-46,48,53-59,63-65,67,87H,22-24,30-43H2,1-15H3,(H,78,81)(H,79,86)/t45-,46+,48-,53+,54?,55-,56?,57?,58+,59-,63+,64?,65+,67+,73+,74-,75-,76+,77-/m1/s1. The molecule has 4 unspecified atom stereocenters. The van der Waals surface area contributed by atoms with Gasteiger partial charge in [0.2, 0.25) is 12.0 Å². The van der Waals surface area contributed by atoms with Gasteiger partial charge >= 0.3 is 30.0 Å². The molecule has 2 bridgehead atoms. The fourth-order valence-corrected chi connectivity index (χ4v) is 20.0. The SMILES string of the molecule is CC(=O)O[C@@]12CO[C@@H]1C[C@H](C)[C@@]1(C)C(=O)[C@H](C)C3=C(C)[C@@H](OC(=O)C(OC(=O)CNC(=O)CCO[C@H]4CC[C@@]5(C)C(=CCC6C5CC[C@@]5(C)C6CC[C@@H]5[C@H](C)CCCC(C)C)C4)[C@@H](NC(=O)OC(C)(C)C)c4ccccc4)C[C@@](O)([C@@H](OC(=O)c4ccccc4)[C@H]21)C3(C)C. The molecule has 2 amide bonds. The number of ketones is 1. The van der Waals surface area contributed by atoms with Crippen molar-refractivity contribution in [1.29, 1.82) is 0 Å². The summed E-state index contributed by atoms with van der Waals surface area (Å²) in [6.45, 7) is 28.7. The Labute approximate surface area is 558 Å². The Morgan fingerprint density at radius 2 is 1.54 bits per heavy atom. The maximum absolute atomic E-state index is 15.8. The first-order chi connectivity index (χ1) is 44.2. The third-order valence-corrected chi connectivity index (χ3v) is 24.9. The molecule has 0 radical (unpaired) electrons. The summed E-state index contributed by atoms with van der Waals surface area (Å²) in [5.41, 5.74) is -4.13. The van der Waals surface area contributed by atoms with Crippen molar-refractivity contribution < 1.29 is 71.8 Å². The number of rotatable bonds is 20. The van der Waals surface area contributed by atoms with Gasteiger partial charge in [-0.15, -0.1) is 0 Å². The smallest absolute Gasteiger partial charge is 0.408 e. The number of Topliss-reactive ketones (excluding diaryl/α,β-unsaturated/α-hetero) is 1. The summed E-state index contributed by atoms with van der Waals surface area (Å²) < 4.78 is 43.9. The van der Waals surface area contributed by atoms with Crippen LogP contribution in [0.15, 0.2) is 83.5 Å². The fourth-order valence-electron chi connectivity index (χ4n) is 20.0. The number of ether oxygens (including phenoxy) is 7. The predicted octanol–water partition coefficient (Wildman–Crippen LogP) is 13.3. The van der Waals surface area contributed by atoms with Crippen LogP contribution in [-0.4, -0.2) is 114 Å². The molecule has 5 saturated carbocycles. The van der Waals surface area contributed by atoms with Gasteiger partial charge in [-0.05, 0) is 167 Å². The van der Waals surface area contributed by atoms with Crippen LogP contribution in [0.2, 0.25) is 0 Å². The number of alkyl carbamates (subject to hydrolysis) is 1. The number of fused-ring (bicyclic) bond motifs is 10. The first-order valence-corrected chi connectivity index (χ1v) is 35.3. The lowest BCUT2D eigenvalue weighted by molar-refractivity contribution is -0.339. The molecule has 19 atom stereocenters. The van der Waals surface area contributed by atoms with Gasteiger partial charge in [0.1, 0.15) is 47.9 Å². The van der Waals surface area contributed by atoms with Crippen LogP contribution in [0, 0.1) is 74.9 Å². The van der Waals surface area contributed by atoms with Gasteiger partial charge in [-0.3, -0.25) is 19.2 Å². The van der Waals surface area contributed by atoms with E-state index in [2.05, 4.69) is 51.3 Å². The average Bonchev–Trinajstić information content (AvgIpc) is 0.754. The van der Waals surface area contributed by atoms with Crippen LogP contribution < -0.4 is 10.6 Å². The Hall–Kier alpha value is -5.91. The van der Waals surface area contributed by atoms with E-state index in [9.17, 15) is 29.1 Å². The summed E-state index contributed by atoms with van der Waals surface area (Å²) in [5, 5.41) is 19.5. The van der Waals surface area contributed by atoms with Crippen LogP contribution >= 0.6 is 0 Å². The molecule has 2 aromatic rings. The maximum atomic E-state index is 15.8. The molecular weight excluding hydrogens is 1190 g/mol. The van der Waals surface area contributed by atoms with E-state index in [1.807, 2.05) is 6.92 Å². The van der Waals surface area contributed by atoms with Crippen LogP contribution in [0.1, 0.15) is 216 Å². The van der Waals surface area contributed by atoms with Crippen LogP contribution in [0.3, 0.4) is 0 Å². The summed E-state index contributed by atoms with van der Waals surface area (Å²) in [4.78, 5) is 101. The second-order valence-electron chi connectivity index (χ2n) is 32.3. The molecule has 1 heterocycles. The van der Waals surface area contributed by atoms with Gasteiger partial charge in [-0.25, -0.2) is 14.4 Å². The summed E-state index contributed by atoms with van der Waals surface area (Å²) in [6, 6.07) is 15.1. The molecule has 10 rings (SSSR count). The van der Waals surface area contributed by atoms with Gasteiger partial charge < -0.3 is 48.9 Å². The maximum Gasteiger partial charge on any atom is 0.408 e. The Balaban J connectivity index is 0.867. The van der Waals surface area contributed by atoms with Crippen LogP contribution in [-0.2, 0) is 57.1 Å². The highest BCUT2D eigenvalue weighted by Crippen LogP contribution is 2.69. The number of carbonyl (C=O) groups is 7. The zero-order valence-corrected chi connectivity index (χ0v) is 58.7. The van der Waals surface area contributed by atoms with E-state index in [1.165, 1.54) is 57.4 Å². The Morgan fingerprint density at radius 3 is 2.19 bits per heavy atom. The molecule has 1 saturated heterocycles. The lowest BCUT2D eigenvalue weighted by Gasteiger charge is -2.68.